The Labute approximate surface area is 185 Å². The lowest BCUT2D eigenvalue weighted by atomic mass is 10.1. The highest BCUT2D eigenvalue weighted by molar-refractivity contribution is 7.18. The van der Waals surface area contributed by atoms with Gasteiger partial charge in [0.25, 0.3) is 0 Å². The molecule has 1 aliphatic rings. The highest BCUT2D eigenvalue weighted by Crippen LogP contribution is 2.26. The molecule has 0 bridgehead atoms. The van der Waals surface area contributed by atoms with Gasteiger partial charge in [-0.1, -0.05) is 12.1 Å². The number of esters is 1. The van der Waals surface area contributed by atoms with Gasteiger partial charge in [-0.15, -0.1) is 11.3 Å². The van der Waals surface area contributed by atoms with E-state index in [0.717, 1.165) is 40.4 Å². The number of hydrogen-bond donors (Lipinski definition) is 1. The lowest BCUT2D eigenvalue weighted by Gasteiger charge is -2.29. The van der Waals surface area contributed by atoms with E-state index in [2.05, 4.69) is 21.3 Å². The van der Waals surface area contributed by atoms with Crippen molar-refractivity contribution in [2.45, 2.75) is 19.3 Å². The van der Waals surface area contributed by atoms with E-state index >= 15 is 0 Å². The summed E-state index contributed by atoms with van der Waals surface area (Å²) in [5.74, 6) is -0.606. The van der Waals surface area contributed by atoms with E-state index in [0.29, 0.717) is 37.3 Å². The number of amides is 1. The van der Waals surface area contributed by atoms with Crippen LogP contribution in [0.3, 0.4) is 0 Å². The summed E-state index contributed by atoms with van der Waals surface area (Å²) in [4.78, 5) is 31.6. The molecule has 3 aromatic rings. The molecule has 1 fully saturated rings. The summed E-state index contributed by atoms with van der Waals surface area (Å²) in [7, 11) is 1.34. The molecule has 4 rings (SSSR count). The zero-order valence-electron chi connectivity index (χ0n) is 17.4. The number of aryl methyl sites for hydroxylation is 1. The van der Waals surface area contributed by atoms with Gasteiger partial charge in [-0.2, -0.15) is 0 Å². The van der Waals surface area contributed by atoms with Crippen molar-refractivity contribution in [1.29, 1.82) is 0 Å². The number of nitrogens with zero attached hydrogens (tertiary/aromatic N) is 2. The average Bonchev–Trinajstić information content (AvgIpc) is 3.22. The Balaban J connectivity index is 1.38. The fourth-order valence-electron chi connectivity index (χ4n) is 3.58. The number of methoxy groups -OCH3 is 1. The zero-order chi connectivity index (χ0) is 21.6. The van der Waals surface area contributed by atoms with Crippen LogP contribution in [0.5, 0.6) is 0 Å². The maximum Gasteiger partial charge on any atom is 0.340 e. The number of fused-ring (bicyclic) bond motifs is 1. The molecule has 2 heterocycles. The van der Waals surface area contributed by atoms with Crippen LogP contribution in [-0.4, -0.2) is 50.3 Å². The highest BCUT2D eigenvalue weighted by Gasteiger charge is 2.18. The molecule has 1 aromatic heterocycles. The molecule has 8 heteroatoms. The van der Waals surface area contributed by atoms with Crippen LogP contribution in [0.25, 0.3) is 10.2 Å². The van der Waals surface area contributed by atoms with Gasteiger partial charge in [0, 0.05) is 25.2 Å². The molecule has 162 valence electrons. The summed E-state index contributed by atoms with van der Waals surface area (Å²) >= 11 is 1.66. The van der Waals surface area contributed by atoms with Crippen LogP contribution < -0.4 is 10.2 Å². The number of anilines is 2. The highest BCUT2D eigenvalue weighted by atomic mass is 32.1. The van der Waals surface area contributed by atoms with Gasteiger partial charge < -0.3 is 19.7 Å². The number of carbonyl (C=O) groups is 2. The summed E-state index contributed by atoms with van der Waals surface area (Å²) < 4.78 is 11.5. The van der Waals surface area contributed by atoms with Crippen LogP contribution in [0.15, 0.2) is 42.5 Å². The van der Waals surface area contributed by atoms with E-state index in [1.807, 2.05) is 24.3 Å². The Bertz CT molecular complexity index is 1040. The number of para-hydroxylation sites is 1. The van der Waals surface area contributed by atoms with E-state index in [1.165, 1.54) is 7.11 Å². The lowest BCUT2D eigenvalue weighted by molar-refractivity contribution is -0.116. The fraction of sp³-hybridized carbons (Fsp3) is 0.348. The third-order valence-corrected chi connectivity index (χ3v) is 6.29. The second-order valence-electron chi connectivity index (χ2n) is 7.30. The van der Waals surface area contributed by atoms with E-state index in [9.17, 15) is 9.59 Å². The normalized spacial score (nSPS) is 13.9. The van der Waals surface area contributed by atoms with Crippen LogP contribution in [0.4, 0.5) is 11.4 Å². The first-order valence-electron chi connectivity index (χ1n) is 10.3. The van der Waals surface area contributed by atoms with Crippen LogP contribution in [0, 0.1) is 0 Å². The van der Waals surface area contributed by atoms with Crippen molar-refractivity contribution >= 4 is 44.8 Å². The second kappa shape index (κ2) is 9.89. The maximum absolute atomic E-state index is 12.5. The van der Waals surface area contributed by atoms with Crippen molar-refractivity contribution < 1.29 is 19.1 Å². The third kappa shape index (κ3) is 5.21. The number of hydrogen-bond acceptors (Lipinski definition) is 7. The number of rotatable bonds is 7. The van der Waals surface area contributed by atoms with Crippen molar-refractivity contribution in [1.82, 2.24) is 4.98 Å². The van der Waals surface area contributed by atoms with Crippen molar-refractivity contribution in [2.24, 2.45) is 0 Å². The number of thiazole rings is 1. The summed E-state index contributed by atoms with van der Waals surface area (Å²) in [6.45, 7) is 2.83. The molecule has 1 saturated heterocycles. The first kappa shape index (κ1) is 21.3. The Hall–Kier alpha value is -2.97. The first-order valence-corrected chi connectivity index (χ1v) is 11.1. The Morgan fingerprint density at radius 3 is 2.77 bits per heavy atom. The van der Waals surface area contributed by atoms with Crippen molar-refractivity contribution in [3.05, 3.63) is 53.0 Å². The molecular formula is C23H25N3O4S. The molecule has 1 N–H and O–H groups in total. The SMILES string of the molecule is COC(=O)c1cc(N2CCOCC2)ccc1NC(=O)CCCc1nc2ccccc2s1. The van der Waals surface area contributed by atoms with E-state index < -0.39 is 5.97 Å². The largest absolute Gasteiger partial charge is 0.465 e. The second-order valence-corrected chi connectivity index (χ2v) is 8.41. The molecule has 0 radical (unpaired) electrons. The molecule has 0 unspecified atom stereocenters. The predicted molar refractivity (Wildman–Crippen MR) is 122 cm³/mol. The van der Waals surface area contributed by atoms with E-state index in [4.69, 9.17) is 9.47 Å². The van der Waals surface area contributed by atoms with Crippen LogP contribution >= 0.6 is 11.3 Å². The number of carbonyl (C=O) groups excluding carboxylic acids is 2. The summed E-state index contributed by atoms with van der Waals surface area (Å²) in [5.41, 5.74) is 2.73. The molecule has 0 spiro atoms. The van der Waals surface area contributed by atoms with Gasteiger partial charge in [0.1, 0.15) is 0 Å². The lowest BCUT2D eigenvalue weighted by Crippen LogP contribution is -2.36. The van der Waals surface area contributed by atoms with Gasteiger partial charge in [-0.05, 0) is 43.2 Å². The van der Waals surface area contributed by atoms with Crippen LogP contribution in [-0.2, 0) is 20.7 Å². The minimum absolute atomic E-state index is 0.134. The average molecular weight is 440 g/mol. The van der Waals surface area contributed by atoms with Crippen molar-refractivity contribution in [3.8, 4) is 0 Å². The smallest absolute Gasteiger partial charge is 0.340 e. The monoisotopic (exact) mass is 439 g/mol. The van der Waals surface area contributed by atoms with Gasteiger partial charge >= 0.3 is 5.97 Å². The molecule has 7 nitrogen and oxygen atoms in total. The Morgan fingerprint density at radius 2 is 2.00 bits per heavy atom. The molecule has 1 amide bonds. The number of nitrogens with one attached hydrogen (secondary N) is 1. The third-order valence-electron chi connectivity index (χ3n) is 5.19. The number of ether oxygens (including phenoxy) is 2. The van der Waals surface area contributed by atoms with Gasteiger partial charge in [-0.3, -0.25) is 4.79 Å². The van der Waals surface area contributed by atoms with Gasteiger partial charge in [0.2, 0.25) is 5.91 Å². The minimum atomic E-state index is -0.472. The van der Waals surface area contributed by atoms with Crippen molar-refractivity contribution in [3.63, 3.8) is 0 Å². The Kier molecular flexibility index (Phi) is 6.79. The summed E-state index contributed by atoms with van der Waals surface area (Å²) in [6, 6.07) is 13.5. The summed E-state index contributed by atoms with van der Waals surface area (Å²) in [5, 5.41) is 3.90. The minimum Gasteiger partial charge on any atom is -0.465 e. The molecule has 0 atom stereocenters. The van der Waals surface area contributed by atoms with Gasteiger partial charge in [0.05, 0.1) is 46.8 Å². The fourth-order valence-corrected chi connectivity index (χ4v) is 4.59. The van der Waals surface area contributed by atoms with E-state index in [1.54, 1.807) is 23.5 Å². The molecule has 0 saturated carbocycles. The first-order chi connectivity index (χ1) is 15.1. The van der Waals surface area contributed by atoms with Crippen LogP contribution in [0.1, 0.15) is 28.2 Å². The molecule has 1 aliphatic heterocycles. The quantitative estimate of drug-likeness (QED) is 0.563. The molecular weight excluding hydrogens is 414 g/mol. The number of benzene rings is 2. The maximum atomic E-state index is 12.5. The summed E-state index contributed by atoms with van der Waals surface area (Å²) in [6.07, 6.45) is 1.78. The molecule has 31 heavy (non-hydrogen) atoms. The molecule has 2 aromatic carbocycles. The standard InChI is InChI=1S/C23H25N3O4S/c1-29-23(28)17-15-16(26-11-13-30-14-12-26)9-10-18(17)24-21(27)7-4-8-22-25-19-5-2-3-6-20(19)31-22/h2-3,5-6,9-10,15H,4,7-8,11-14H2,1H3,(H,24,27). The predicted octanol–water partition coefficient (Wildman–Crippen LogP) is 3.88. The van der Waals surface area contributed by atoms with E-state index in [-0.39, 0.29) is 5.91 Å². The number of aromatic nitrogens is 1. The van der Waals surface area contributed by atoms with Crippen molar-refractivity contribution in [2.75, 3.05) is 43.6 Å². The topological polar surface area (TPSA) is 80.8 Å². The number of morpholine rings is 1. The zero-order valence-corrected chi connectivity index (χ0v) is 18.2. The van der Waals surface area contributed by atoms with Crippen LogP contribution in [0.2, 0.25) is 0 Å². The Morgan fingerprint density at radius 1 is 1.19 bits per heavy atom. The van der Waals surface area contributed by atoms with Gasteiger partial charge in [-0.25, -0.2) is 9.78 Å². The van der Waals surface area contributed by atoms with Gasteiger partial charge in [0.15, 0.2) is 0 Å². The molecule has 0 aliphatic carbocycles.